The minimum Gasteiger partial charge on any atom is -0.468 e. The smallest absolute Gasteiger partial charge is 0.334 e. The van der Waals surface area contributed by atoms with Gasteiger partial charge in [0.1, 0.15) is 6.04 Å². The highest BCUT2D eigenvalue weighted by atomic mass is 35.5. The molecule has 1 fully saturated rings. The maximum Gasteiger partial charge on any atom is 0.334 e. The first-order valence-corrected chi connectivity index (χ1v) is 10.1. The van der Waals surface area contributed by atoms with Crippen LogP contribution in [0.1, 0.15) is 40.5 Å². The second-order valence-electron chi connectivity index (χ2n) is 7.37. The number of benzene rings is 2. The van der Waals surface area contributed by atoms with Crippen molar-refractivity contribution in [3.8, 4) is 0 Å². The Balaban J connectivity index is 1.96. The van der Waals surface area contributed by atoms with E-state index in [1.54, 1.807) is 12.1 Å². The number of nitrogens with zero attached hydrogens (tertiary/aromatic N) is 2. The van der Waals surface area contributed by atoms with Gasteiger partial charge in [0.05, 0.1) is 18.0 Å². The van der Waals surface area contributed by atoms with Crippen LogP contribution in [0.4, 0.5) is 5.69 Å². The third-order valence-corrected chi connectivity index (χ3v) is 6.03. The molecule has 4 rings (SSSR count). The summed E-state index contributed by atoms with van der Waals surface area (Å²) in [6.07, 6.45) is 0. The molecule has 160 valence electrons. The molecule has 0 bridgehead atoms. The van der Waals surface area contributed by atoms with Gasteiger partial charge in [-0.2, -0.15) is 0 Å². The van der Waals surface area contributed by atoms with Crippen molar-refractivity contribution in [3.05, 3.63) is 92.3 Å². The lowest BCUT2D eigenvalue weighted by Gasteiger charge is -2.23. The summed E-state index contributed by atoms with van der Waals surface area (Å²) >= 11 is 6.48. The number of nitro groups is 1. The lowest BCUT2D eigenvalue weighted by atomic mass is 9.78. The number of carbonyl (C=O) groups excluding carboxylic acids is 1. The summed E-state index contributed by atoms with van der Waals surface area (Å²) < 4.78 is 10.6. The van der Waals surface area contributed by atoms with Crippen molar-refractivity contribution in [3.63, 3.8) is 0 Å². The van der Waals surface area contributed by atoms with Crippen molar-refractivity contribution in [2.24, 2.45) is 0 Å². The average molecular weight is 442 g/mol. The molecule has 31 heavy (non-hydrogen) atoms. The topological polar surface area (TPSA) is 108 Å². The van der Waals surface area contributed by atoms with Crippen LogP contribution in [0, 0.1) is 17.0 Å². The minimum absolute atomic E-state index is 0.0974. The van der Waals surface area contributed by atoms with Gasteiger partial charge in [0.25, 0.3) is 0 Å². The van der Waals surface area contributed by atoms with E-state index in [9.17, 15) is 14.9 Å². The summed E-state index contributed by atoms with van der Waals surface area (Å²) in [7, 11) is 1.31. The molecule has 0 spiro atoms. The van der Waals surface area contributed by atoms with Crippen molar-refractivity contribution < 1.29 is 19.0 Å². The molecule has 8 nitrogen and oxygen atoms in total. The van der Waals surface area contributed by atoms with E-state index in [0.29, 0.717) is 10.6 Å². The lowest BCUT2D eigenvalue weighted by Crippen LogP contribution is -2.36. The molecule has 0 unspecified atom stereocenters. The number of hydrogen-bond acceptors (Lipinski definition) is 7. The summed E-state index contributed by atoms with van der Waals surface area (Å²) in [5.41, 5.74) is 1.49. The maximum atomic E-state index is 12.8. The highest BCUT2D eigenvalue weighted by Gasteiger charge is 2.53. The van der Waals surface area contributed by atoms with Gasteiger partial charge < -0.3 is 9.26 Å². The van der Waals surface area contributed by atoms with Crippen LogP contribution in [-0.4, -0.2) is 29.2 Å². The number of halogens is 1. The molecule has 9 heteroatoms. The number of nitrogens with one attached hydrogen (secondary N) is 1. The van der Waals surface area contributed by atoms with Gasteiger partial charge in [-0.25, -0.2) is 0 Å². The first kappa shape index (κ1) is 21.0. The largest absolute Gasteiger partial charge is 0.468 e. The van der Waals surface area contributed by atoms with E-state index in [-0.39, 0.29) is 17.1 Å². The van der Waals surface area contributed by atoms with Gasteiger partial charge in [-0.05, 0) is 24.1 Å². The molecule has 0 saturated carbocycles. The fraction of sp³-hybridized carbons (Fsp3) is 0.273. The molecule has 3 aromatic rings. The molecular weight excluding hydrogens is 422 g/mol. The Hall–Kier alpha value is -3.23. The summed E-state index contributed by atoms with van der Waals surface area (Å²) in [6, 6.07) is 15.2. The Morgan fingerprint density at radius 1 is 1.16 bits per heavy atom. The molecule has 0 aliphatic carbocycles. The van der Waals surface area contributed by atoms with E-state index < -0.39 is 34.8 Å². The van der Waals surface area contributed by atoms with Crippen LogP contribution in [0.2, 0.25) is 5.02 Å². The molecule has 2 heterocycles. The highest BCUT2D eigenvalue weighted by molar-refractivity contribution is 6.31. The normalized spacial score (nSPS) is 22.9. The van der Waals surface area contributed by atoms with Crippen molar-refractivity contribution in [2.45, 2.75) is 30.8 Å². The predicted octanol–water partition coefficient (Wildman–Crippen LogP) is 4.30. The Bertz CT molecular complexity index is 1120. The number of rotatable bonds is 5. The fourth-order valence-electron chi connectivity index (χ4n) is 4.38. The zero-order valence-electron chi connectivity index (χ0n) is 16.8. The average Bonchev–Trinajstić information content (AvgIpc) is 3.34. The Kier molecular flexibility index (Phi) is 5.75. The Labute approximate surface area is 183 Å². The number of esters is 1. The molecule has 1 N–H and O–H groups in total. The van der Waals surface area contributed by atoms with E-state index in [1.165, 1.54) is 14.0 Å². The first-order chi connectivity index (χ1) is 14.9. The monoisotopic (exact) mass is 441 g/mol. The highest BCUT2D eigenvalue weighted by Crippen LogP contribution is 2.53. The quantitative estimate of drug-likeness (QED) is 0.357. The number of carbonyl (C=O) groups is 1. The number of aromatic nitrogens is 1. The molecule has 1 aromatic heterocycles. The van der Waals surface area contributed by atoms with Crippen LogP contribution < -0.4 is 5.32 Å². The molecular formula is C22H20ClN3O5. The second kappa shape index (κ2) is 8.49. The number of hydrogen-bond donors (Lipinski definition) is 1. The van der Waals surface area contributed by atoms with Crippen molar-refractivity contribution >= 4 is 23.3 Å². The molecule has 2 aromatic carbocycles. The fourth-order valence-corrected chi connectivity index (χ4v) is 4.63. The summed E-state index contributed by atoms with van der Waals surface area (Å²) in [4.78, 5) is 24.1. The summed E-state index contributed by atoms with van der Waals surface area (Å²) in [6.45, 7) is 1.52. The molecule has 1 aliphatic heterocycles. The SMILES string of the molecule is COC(=O)[C@H]1N[C@@H](c2ccccc2Cl)[C@@H](c2onc(C)c2[N+](=O)[O-])[C@@H]1c1ccccc1. The number of aryl methyl sites for hydroxylation is 1. The third-order valence-electron chi connectivity index (χ3n) is 5.69. The van der Waals surface area contributed by atoms with E-state index in [1.807, 2.05) is 42.5 Å². The van der Waals surface area contributed by atoms with Crippen molar-refractivity contribution in [2.75, 3.05) is 7.11 Å². The predicted molar refractivity (Wildman–Crippen MR) is 113 cm³/mol. The number of methoxy groups -OCH3 is 1. The van der Waals surface area contributed by atoms with Gasteiger partial charge in [-0.15, -0.1) is 0 Å². The van der Waals surface area contributed by atoms with E-state index >= 15 is 0 Å². The molecule has 4 atom stereocenters. The zero-order chi connectivity index (χ0) is 22.1. The summed E-state index contributed by atoms with van der Waals surface area (Å²) in [5.74, 6) is -1.53. The van der Waals surface area contributed by atoms with Gasteiger partial charge in [0, 0.05) is 17.0 Å². The van der Waals surface area contributed by atoms with E-state index in [4.69, 9.17) is 20.9 Å². The molecule has 0 amide bonds. The molecule has 1 saturated heterocycles. The van der Waals surface area contributed by atoms with E-state index in [2.05, 4.69) is 10.5 Å². The minimum atomic E-state index is -0.774. The van der Waals surface area contributed by atoms with Gasteiger partial charge in [0.2, 0.25) is 5.76 Å². The van der Waals surface area contributed by atoms with Gasteiger partial charge in [-0.3, -0.25) is 20.2 Å². The van der Waals surface area contributed by atoms with Crippen molar-refractivity contribution in [1.82, 2.24) is 10.5 Å². The summed E-state index contributed by atoms with van der Waals surface area (Å²) in [5, 5.41) is 19.5. The maximum absolute atomic E-state index is 12.8. The Morgan fingerprint density at radius 2 is 1.84 bits per heavy atom. The van der Waals surface area contributed by atoms with Gasteiger partial charge in [0.15, 0.2) is 5.69 Å². The second-order valence-corrected chi connectivity index (χ2v) is 7.77. The van der Waals surface area contributed by atoms with Gasteiger partial charge in [-0.1, -0.05) is 65.3 Å². The first-order valence-electron chi connectivity index (χ1n) is 9.67. The lowest BCUT2D eigenvalue weighted by molar-refractivity contribution is -0.386. The van der Waals surface area contributed by atoms with E-state index in [0.717, 1.165) is 5.56 Å². The van der Waals surface area contributed by atoms with Crippen LogP contribution in [0.15, 0.2) is 59.1 Å². The van der Waals surface area contributed by atoms with Crippen LogP contribution in [-0.2, 0) is 9.53 Å². The van der Waals surface area contributed by atoms with Crippen LogP contribution in [0.3, 0.4) is 0 Å². The third kappa shape index (κ3) is 3.68. The standard InChI is InChI=1S/C22H20ClN3O5/c1-12-20(26(28)29)21(31-25-12)17-16(13-8-4-3-5-9-13)19(22(27)30-2)24-18(17)14-10-6-7-11-15(14)23/h3-11,16-19,24H,1-2H3/t16-,17-,18-,19-/m0/s1. The zero-order valence-corrected chi connectivity index (χ0v) is 17.6. The van der Waals surface area contributed by atoms with Gasteiger partial charge >= 0.3 is 11.7 Å². The Morgan fingerprint density at radius 3 is 2.48 bits per heavy atom. The van der Waals surface area contributed by atoms with Crippen LogP contribution >= 0.6 is 11.6 Å². The number of ether oxygens (including phenoxy) is 1. The van der Waals surface area contributed by atoms with Crippen molar-refractivity contribution in [1.29, 1.82) is 0 Å². The van der Waals surface area contributed by atoms with Crippen LogP contribution in [0.5, 0.6) is 0 Å². The van der Waals surface area contributed by atoms with Crippen LogP contribution in [0.25, 0.3) is 0 Å². The molecule has 0 radical (unpaired) electrons. The molecule has 1 aliphatic rings.